The first-order valence-electron chi connectivity index (χ1n) is 9.49. The predicted molar refractivity (Wildman–Crippen MR) is 108 cm³/mol. The van der Waals surface area contributed by atoms with Crippen LogP contribution in [0.1, 0.15) is 32.8 Å². The molecular weight excluding hydrogens is 376 g/mol. The minimum absolute atomic E-state index is 0.0621. The summed E-state index contributed by atoms with van der Waals surface area (Å²) in [6, 6.07) is 6.20. The van der Waals surface area contributed by atoms with Crippen LogP contribution in [0.25, 0.3) is 0 Å². The lowest BCUT2D eigenvalue weighted by molar-refractivity contribution is -0.142. The van der Waals surface area contributed by atoms with Crippen molar-refractivity contribution in [1.82, 2.24) is 16.0 Å². The normalized spacial score (nSPS) is 13.8. The Morgan fingerprint density at radius 2 is 1.59 bits per heavy atom. The number of carbonyl (C=O) groups is 4. The average Bonchev–Trinajstić information content (AvgIpc) is 2.65. The van der Waals surface area contributed by atoms with Gasteiger partial charge < -0.3 is 26.8 Å². The van der Waals surface area contributed by atoms with Gasteiger partial charge in [0.05, 0.1) is 12.6 Å². The number of hydrogen-bond donors (Lipinski definition) is 5. The van der Waals surface area contributed by atoms with E-state index in [2.05, 4.69) is 16.0 Å². The molecule has 1 aromatic rings. The SMILES string of the molecule is CC(C)C[C@H](NC(=O)[C@H](Cc1ccccc1)NC(=O)CNC(=O)[C@H](C)N)C(=O)O. The molecule has 0 aliphatic heterocycles. The lowest BCUT2D eigenvalue weighted by Gasteiger charge is -2.22. The van der Waals surface area contributed by atoms with E-state index in [0.29, 0.717) is 0 Å². The van der Waals surface area contributed by atoms with Gasteiger partial charge in [-0.3, -0.25) is 14.4 Å². The second-order valence-electron chi connectivity index (χ2n) is 7.35. The molecule has 0 aromatic heterocycles. The van der Waals surface area contributed by atoms with Crippen LogP contribution >= 0.6 is 0 Å². The molecular formula is C20H30N4O5. The molecule has 6 N–H and O–H groups in total. The fourth-order valence-electron chi connectivity index (χ4n) is 2.60. The smallest absolute Gasteiger partial charge is 0.326 e. The van der Waals surface area contributed by atoms with Crippen LogP contribution in [-0.4, -0.2) is 53.5 Å². The summed E-state index contributed by atoms with van der Waals surface area (Å²) in [7, 11) is 0. The maximum atomic E-state index is 12.7. The number of aliphatic carboxylic acids is 1. The maximum absolute atomic E-state index is 12.7. The van der Waals surface area contributed by atoms with Crippen molar-refractivity contribution < 1.29 is 24.3 Å². The highest BCUT2D eigenvalue weighted by molar-refractivity contribution is 5.92. The van der Waals surface area contributed by atoms with Crippen molar-refractivity contribution in [2.45, 2.75) is 51.7 Å². The quantitative estimate of drug-likeness (QED) is 0.343. The molecule has 0 heterocycles. The van der Waals surface area contributed by atoms with E-state index in [1.807, 2.05) is 19.9 Å². The first kappa shape index (κ1) is 24.1. The zero-order valence-corrected chi connectivity index (χ0v) is 17.0. The molecule has 9 heteroatoms. The molecule has 29 heavy (non-hydrogen) atoms. The van der Waals surface area contributed by atoms with E-state index >= 15 is 0 Å². The highest BCUT2D eigenvalue weighted by Gasteiger charge is 2.27. The van der Waals surface area contributed by atoms with Gasteiger partial charge in [-0.1, -0.05) is 44.2 Å². The Morgan fingerprint density at radius 3 is 2.10 bits per heavy atom. The van der Waals surface area contributed by atoms with Crippen LogP contribution in [0.3, 0.4) is 0 Å². The predicted octanol–water partition coefficient (Wildman–Crippen LogP) is -0.207. The Morgan fingerprint density at radius 1 is 0.966 bits per heavy atom. The number of carboxylic acid groups (broad SMARTS) is 1. The van der Waals surface area contributed by atoms with Gasteiger partial charge in [0.25, 0.3) is 0 Å². The number of nitrogens with two attached hydrogens (primary N) is 1. The highest BCUT2D eigenvalue weighted by Crippen LogP contribution is 2.08. The van der Waals surface area contributed by atoms with Gasteiger partial charge in [-0.2, -0.15) is 0 Å². The molecule has 9 nitrogen and oxygen atoms in total. The largest absolute Gasteiger partial charge is 0.480 e. The molecule has 0 radical (unpaired) electrons. The molecule has 0 saturated carbocycles. The van der Waals surface area contributed by atoms with Gasteiger partial charge >= 0.3 is 5.97 Å². The Kier molecular flexibility index (Phi) is 9.81. The monoisotopic (exact) mass is 406 g/mol. The average molecular weight is 406 g/mol. The first-order valence-corrected chi connectivity index (χ1v) is 9.49. The topological polar surface area (TPSA) is 151 Å². The molecule has 3 atom stereocenters. The van der Waals surface area contributed by atoms with E-state index in [1.54, 1.807) is 24.3 Å². The van der Waals surface area contributed by atoms with E-state index in [9.17, 15) is 24.3 Å². The van der Waals surface area contributed by atoms with Crippen molar-refractivity contribution in [2.75, 3.05) is 6.54 Å². The third kappa shape index (κ3) is 9.20. The number of nitrogens with one attached hydrogen (secondary N) is 3. The summed E-state index contributed by atoms with van der Waals surface area (Å²) in [5, 5.41) is 16.8. The van der Waals surface area contributed by atoms with Crippen LogP contribution < -0.4 is 21.7 Å². The number of hydrogen-bond acceptors (Lipinski definition) is 5. The summed E-state index contributed by atoms with van der Waals surface area (Å²) in [6.07, 6.45) is 0.436. The lowest BCUT2D eigenvalue weighted by Crippen LogP contribution is -2.54. The van der Waals surface area contributed by atoms with E-state index < -0.39 is 41.8 Å². The zero-order chi connectivity index (χ0) is 22.0. The molecule has 0 aliphatic rings. The van der Waals surface area contributed by atoms with Crippen molar-refractivity contribution in [1.29, 1.82) is 0 Å². The third-order valence-corrected chi connectivity index (χ3v) is 4.09. The van der Waals surface area contributed by atoms with Gasteiger partial charge in [0, 0.05) is 6.42 Å². The summed E-state index contributed by atoms with van der Waals surface area (Å²) in [6.45, 7) is 4.85. The van der Waals surface area contributed by atoms with Crippen molar-refractivity contribution >= 4 is 23.7 Å². The Hall–Kier alpha value is -2.94. The van der Waals surface area contributed by atoms with Crippen LogP contribution in [0, 0.1) is 5.92 Å². The van der Waals surface area contributed by atoms with E-state index in [0.717, 1.165) is 5.56 Å². The third-order valence-electron chi connectivity index (χ3n) is 4.09. The highest BCUT2D eigenvalue weighted by atomic mass is 16.4. The molecule has 0 saturated heterocycles. The molecule has 1 aromatic carbocycles. The number of benzene rings is 1. The Bertz CT molecular complexity index is 706. The van der Waals surface area contributed by atoms with Crippen molar-refractivity contribution in [2.24, 2.45) is 11.7 Å². The van der Waals surface area contributed by atoms with E-state index in [4.69, 9.17) is 5.73 Å². The van der Waals surface area contributed by atoms with Gasteiger partial charge in [0.1, 0.15) is 12.1 Å². The minimum atomic E-state index is -1.14. The molecule has 0 aliphatic carbocycles. The van der Waals surface area contributed by atoms with Crippen LogP contribution in [0.2, 0.25) is 0 Å². The van der Waals surface area contributed by atoms with Gasteiger partial charge in [-0.05, 0) is 24.8 Å². The van der Waals surface area contributed by atoms with E-state index in [-0.39, 0.29) is 25.3 Å². The van der Waals surface area contributed by atoms with Gasteiger partial charge in [0.2, 0.25) is 17.7 Å². The summed E-state index contributed by atoms with van der Waals surface area (Å²) in [4.78, 5) is 47.9. The number of rotatable bonds is 11. The summed E-state index contributed by atoms with van der Waals surface area (Å²) >= 11 is 0. The lowest BCUT2D eigenvalue weighted by atomic mass is 10.0. The van der Waals surface area contributed by atoms with Crippen LogP contribution in [-0.2, 0) is 25.6 Å². The fraction of sp³-hybridized carbons (Fsp3) is 0.500. The molecule has 0 bridgehead atoms. The van der Waals surface area contributed by atoms with Gasteiger partial charge in [0.15, 0.2) is 0 Å². The number of carbonyl (C=O) groups excluding carboxylic acids is 3. The molecule has 3 amide bonds. The Labute approximate surface area is 170 Å². The second kappa shape index (κ2) is 11.8. The van der Waals surface area contributed by atoms with Gasteiger partial charge in [-0.15, -0.1) is 0 Å². The minimum Gasteiger partial charge on any atom is -0.480 e. The van der Waals surface area contributed by atoms with Crippen LogP contribution in [0.4, 0.5) is 0 Å². The van der Waals surface area contributed by atoms with Crippen LogP contribution in [0.15, 0.2) is 30.3 Å². The number of amides is 3. The van der Waals surface area contributed by atoms with Gasteiger partial charge in [-0.25, -0.2) is 4.79 Å². The molecule has 0 spiro atoms. The fourth-order valence-corrected chi connectivity index (χ4v) is 2.60. The maximum Gasteiger partial charge on any atom is 0.326 e. The second-order valence-corrected chi connectivity index (χ2v) is 7.35. The number of carboxylic acids is 1. The summed E-state index contributed by atoms with van der Waals surface area (Å²) in [5.41, 5.74) is 6.23. The van der Waals surface area contributed by atoms with E-state index in [1.165, 1.54) is 6.92 Å². The van der Waals surface area contributed by atoms with Crippen LogP contribution in [0.5, 0.6) is 0 Å². The Balaban J connectivity index is 2.86. The molecule has 1 rings (SSSR count). The summed E-state index contributed by atoms with van der Waals surface area (Å²) in [5.74, 6) is -2.75. The zero-order valence-electron chi connectivity index (χ0n) is 17.0. The molecule has 0 unspecified atom stereocenters. The van der Waals surface area contributed by atoms with Crippen molar-refractivity contribution in [3.63, 3.8) is 0 Å². The standard InChI is InChI=1S/C20H30N4O5/c1-12(2)9-16(20(28)29)24-19(27)15(10-14-7-5-4-6-8-14)23-17(25)11-22-18(26)13(3)21/h4-8,12-13,15-16H,9-11,21H2,1-3H3,(H,22,26)(H,23,25)(H,24,27)(H,28,29)/t13-,15-,16-/m0/s1. The summed E-state index contributed by atoms with van der Waals surface area (Å²) < 4.78 is 0. The van der Waals surface area contributed by atoms with Crippen molar-refractivity contribution in [3.8, 4) is 0 Å². The first-order chi connectivity index (χ1) is 13.6. The molecule has 160 valence electrons. The van der Waals surface area contributed by atoms with Crippen molar-refractivity contribution in [3.05, 3.63) is 35.9 Å². The molecule has 0 fully saturated rings.